The van der Waals surface area contributed by atoms with E-state index in [9.17, 15) is 9.00 Å². The van der Waals surface area contributed by atoms with Crippen LogP contribution in [0.25, 0.3) is 0 Å². The summed E-state index contributed by atoms with van der Waals surface area (Å²) in [7, 11) is -1.48. The third kappa shape index (κ3) is 2.94. The van der Waals surface area contributed by atoms with Crippen molar-refractivity contribution in [1.82, 2.24) is 0 Å². The van der Waals surface area contributed by atoms with E-state index in [0.29, 0.717) is 27.0 Å². The van der Waals surface area contributed by atoms with Gasteiger partial charge < -0.3 is 9.47 Å². The fourth-order valence-electron chi connectivity index (χ4n) is 1.98. The highest BCUT2D eigenvalue weighted by Crippen LogP contribution is 2.32. The first-order chi connectivity index (χ1) is 10.1. The molecule has 1 atom stereocenters. The molecule has 108 valence electrons. The van der Waals surface area contributed by atoms with Crippen molar-refractivity contribution in [2.75, 3.05) is 12.5 Å². The monoisotopic (exact) mass is 322 g/mol. The third-order valence-electron chi connectivity index (χ3n) is 3.04. The second-order valence-electron chi connectivity index (χ2n) is 4.41. The summed E-state index contributed by atoms with van der Waals surface area (Å²) in [6, 6.07) is 11.7. The number of ether oxygens (including phenoxy) is 2. The molecule has 0 aliphatic carbocycles. The number of carbonyl (C=O) groups excluding carboxylic acids is 1. The number of fused-ring (bicyclic) bond motifs is 1. The molecule has 1 heterocycles. The van der Waals surface area contributed by atoms with E-state index in [1.165, 1.54) is 0 Å². The molecule has 2 aromatic carbocycles. The maximum Gasteiger partial charge on any atom is 0.231 e. The molecule has 0 spiro atoms. The molecule has 3 rings (SSSR count). The summed E-state index contributed by atoms with van der Waals surface area (Å²) in [4.78, 5) is 12.7. The van der Waals surface area contributed by atoms with Gasteiger partial charge in [0.25, 0.3) is 0 Å². The second kappa shape index (κ2) is 5.87. The van der Waals surface area contributed by atoms with Gasteiger partial charge in [-0.2, -0.15) is 0 Å². The molecule has 0 saturated heterocycles. The lowest BCUT2D eigenvalue weighted by molar-refractivity contribution is 0.102. The Balaban J connectivity index is 1.77. The lowest BCUT2D eigenvalue weighted by Crippen LogP contribution is -2.11. The summed E-state index contributed by atoms with van der Waals surface area (Å²) in [5.41, 5.74) is 0.444. The van der Waals surface area contributed by atoms with Crippen LogP contribution in [0.2, 0.25) is 5.02 Å². The van der Waals surface area contributed by atoms with Crippen molar-refractivity contribution in [2.24, 2.45) is 0 Å². The van der Waals surface area contributed by atoms with Gasteiger partial charge in [0.05, 0.1) is 26.5 Å². The second-order valence-corrected chi connectivity index (χ2v) is 6.24. The topological polar surface area (TPSA) is 52.6 Å². The number of hydrogen-bond acceptors (Lipinski definition) is 4. The lowest BCUT2D eigenvalue weighted by Gasteiger charge is -2.05. The van der Waals surface area contributed by atoms with Crippen molar-refractivity contribution in [3.8, 4) is 11.5 Å². The fraction of sp³-hybridized carbons (Fsp3) is 0.133. The number of rotatable bonds is 4. The van der Waals surface area contributed by atoms with Crippen LogP contribution in [0, 0.1) is 0 Å². The standard InChI is InChI=1S/C15H11ClO4S/c16-11-3-1-2-4-15(11)21(18)8-12(17)10-5-6-13-14(7-10)20-9-19-13/h1-7H,8-9H2. The van der Waals surface area contributed by atoms with E-state index in [4.69, 9.17) is 21.1 Å². The van der Waals surface area contributed by atoms with Crippen LogP contribution in [0.1, 0.15) is 10.4 Å². The average molecular weight is 323 g/mol. The SMILES string of the molecule is O=C(CS(=O)c1ccccc1Cl)c1ccc2c(c1)OCO2. The van der Waals surface area contributed by atoms with Gasteiger partial charge in [-0.3, -0.25) is 9.00 Å². The molecule has 0 saturated carbocycles. The van der Waals surface area contributed by atoms with Gasteiger partial charge in [0.1, 0.15) is 0 Å². The minimum Gasteiger partial charge on any atom is -0.454 e. The van der Waals surface area contributed by atoms with E-state index in [1.807, 2.05) is 0 Å². The Morgan fingerprint density at radius 3 is 2.71 bits per heavy atom. The van der Waals surface area contributed by atoms with E-state index in [0.717, 1.165) is 0 Å². The molecule has 1 unspecified atom stereocenters. The van der Waals surface area contributed by atoms with Gasteiger partial charge in [-0.1, -0.05) is 23.7 Å². The minimum absolute atomic E-state index is 0.122. The largest absolute Gasteiger partial charge is 0.454 e. The molecule has 1 aliphatic rings. The minimum atomic E-state index is -1.48. The van der Waals surface area contributed by atoms with Crippen LogP contribution in [0.4, 0.5) is 0 Å². The van der Waals surface area contributed by atoms with Crippen LogP contribution in [-0.2, 0) is 10.8 Å². The van der Waals surface area contributed by atoms with E-state index >= 15 is 0 Å². The van der Waals surface area contributed by atoms with Crippen molar-refractivity contribution in [2.45, 2.75) is 4.90 Å². The molecule has 21 heavy (non-hydrogen) atoms. The van der Waals surface area contributed by atoms with Crippen LogP contribution in [0.5, 0.6) is 11.5 Å². The fourth-order valence-corrected chi connectivity index (χ4v) is 3.45. The van der Waals surface area contributed by atoms with Gasteiger partial charge in [-0.25, -0.2) is 0 Å². The Hall–Kier alpha value is -1.85. The van der Waals surface area contributed by atoms with Gasteiger partial charge >= 0.3 is 0 Å². The summed E-state index contributed by atoms with van der Waals surface area (Å²) in [5.74, 6) is 0.790. The van der Waals surface area contributed by atoms with Gasteiger partial charge in [-0.15, -0.1) is 0 Å². The lowest BCUT2D eigenvalue weighted by atomic mass is 10.1. The summed E-state index contributed by atoms with van der Waals surface area (Å²) < 4.78 is 22.6. The van der Waals surface area contributed by atoms with Gasteiger partial charge in [0.2, 0.25) is 6.79 Å². The van der Waals surface area contributed by atoms with Crippen molar-refractivity contribution >= 4 is 28.2 Å². The zero-order valence-electron chi connectivity index (χ0n) is 10.9. The molecule has 0 bridgehead atoms. The first-order valence-electron chi connectivity index (χ1n) is 6.21. The van der Waals surface area contributed by atoms with Crippen LogP contribution in [0.3, 0.4) is 0 Å². The molecule has 4 nitrogen and oxygen atoms in total. The number of Topliss-reactive ketones (excluding diaryl/α,β-unsaturated/α-hetero) is 1. The molecule has 2 aromatic rings. The van der Waals surface area contributed by atoms with Crippen molar-refractivity contribution < 1.29 is 18.5 Å². The highest BCUT2D eigenvalue weighted by Gasteiger charge is 2.18. The Morgan fingerprint density at radius 2 is 1.90 bits per heavy atom. The number of hydrogen-bond donors (Lipinski definition) is 0. The maximum atomic E-state index is 12.2. The average Bonchev–Trinajstić information content (AvgIpc) is 2.94. The quantitative estimate of drug-likeness (QED) is 0.812. The molecule has 0 aromatic heterocycles. The smallest absolute Gasteiger partial charge is 0.231 e. The number of carbonyl (C=O) groups is 1. The molecular formula is C15H11ClO4S. The van der Waals surface area contributed by atoms with Crippen LogP contribution < -0.4 is 9.47 Å². The zero-order valence-corrected chi connectivity index (χ0v) is 12.4. The normalized spacial score (nSPS) is 14.0. The molecular weight excluding hydrogens is 312 g/mol. The Morgan fingerprint density at radius 1 is 1.14 bits per heavy atom. The first-order valence-corrected chi connectivity index (χ1v) is 7.90. The Labute approximate surface area is 129 Å². The highest BCUT2D eigenvalue weighted by molar-refractivity contribution is 7.86. The van der Waals surface area contributed by atoms with Crippen LogP contribution in [-0.4, -0.2) is 22.5 Å². The maximum absolute atomic E-state index is 12.2. The molecule has 0 amide bonds. The summed E-state index contributed by atoms with van der Waals surface area (Å²) in [6.07, 6.45) is 0. The highest BCUT2D eigenvalue weighted by atomic mass is 35.5. The van der Waals surface area contributed by atoms with Crippen molar-refractivity contribution in [3.05, 3.63) is 53.1 Å². The Bertz CT molecular complexity index is 729. The summed E-state index contributed by atoms with van der Waals surface area (Å²) in [5, 5.41) is 0.398. The molecule has 0 fully saturated rings. The van der Waals surface area contributed by atoms with Gasteiger partial charge in [-0.05, 0) is 30.3 Å². The number of ketones is 1. The zero-order chi connectivity index (χ0) is 14.8. The van der Waals surface area contributed by atoms with Gasteiger partial charge in [0.15, 0.2) is 17.3 Å². The van der Waals surface area contributed by atoms with Crippen molar-refractivity contribution in [3.63, 3.8) is 0 Å². The van der Waals surface area contributed by atoms with Crippen LogP contribution >= 0.6 is 11.6 Å². The van der Waals surface area contributed by atoms with E-state index in [2.05, 4.69) is 0 Å². The Kier molecular flexibility index (Phi) is 3.94. The van der Waals surface area contributed by atoms with Gasteiger partial charge in [0, 0.05) is 5.56 Å². The number of benzene rings is 2. The molecule has 6 heteroatoms. The van der Waals surface area contributed by atoms with Crippen molar-refractivity contribution in [1.29, 1.82) is 0 Å². The first kappa shape index (κ1) is 14.1. The molecule has 0 N–H and O–H groups in total. The van der Waals surface area contributed by atoms with E-state index in [1.54, 1.807) is 42.5 Å². The third-order valence-corrected chi connectivity index (χ3v) is 4.85. The summed E-state index contributed by atoms with van der Waals surface area (Å²) >= 11 is 5.98. The van der Waals surface area contributed by atoms with E-state index in [-0.39, 0.29) is 18.3 Å². The predicted octanol–water partition coefficient (Wildman–Crippen LogP) is 3.06. The molecule has 0 radical (unpaired) electrons. The molecule has 1 aliphatic heterocycles. The number of halogens is 1. The summed E-state index contributed by atoms with van der Waals surface area (Å²) in [6.45, 7) is 0.151. The predicted molar refractivity (Wildman–Crippen MR) is 79.6 cm³/mol. The van der Waals surface area contributed by atoms with E-state index < -0.39 is 10.8 Å². The van der Waals surface area contributed by atoms with Crippen LogP contribution in [0.15, 0.2) is 47.4 Å².